The molecule has 13 heavy (non-hydrogen) atoms. The molecule has 0 amide bonds. The first-order chi connectivity index (χ1) is 6.10. The molecule has 0 aliphatic carbocycles. The number of nitrogens with two attached hydrogens (primary N) is 1. The van der Waals surface area contributed by atoms with Gasteiger partial charge in [-0.25, -0.2) is 0 Å². The molecule has 0 radical (unpaired) electrons. The van der Waals surface area contributed by atoms with Gasteiger partial charge in [-0.1, -0.05) is 26.8 Å². The quantitative estimate of drug-likeness (QED) is 0.612. The zero-order valence-electron chi connectivity index (χ0n) is 9.29. The molecule has 0 saturated carbocycles. The van der Waals surface area contributed by atoms with Crippen LogP contribution in [0.15, 0.2) is 12.7 Å². The predicted molar refractivity (Wildman–Crippen MR) is 59.7 cm³/mol. The van der Waals surface area contributed by atoms with E-state index in [1.54, 1.807) is 0 Å². The molecular formula is C11H24N2. The van der Waals surface area contributed by atoms with E-state index in [0.717, 1.165) is 26.1 Å². The number of likely N-dealkylation sites (N-methyl/N-ethyl adjacent to an activating group) is 1. The Labute approximate surface area is 82.8 Å². The van der Waals surface area contributed by atoms with Crippen molar-refractivity contribution in [2.45, 2.75) is 33.2 Å². The lowest BCUT2D eigenvalue weighted by Gasteiger charge is -2.23. The lowest BCUT2D eigenvalue weighted by Crippen LogP contribution is -2.38. The van der Waals surface area contributed by atoms with Crippen molar-refractivity contribution in [3.8, 4) is 0 Å². The normalized spacial score (nSPS) is 13.7. The second-order valence-corrected chi connectivity index (χ2v) is 4.03. The second-order valence-electron chi connectivity index (χ2n) is 4.03. The van der Waals surface area contributed by atoms with Crippen LogP contribution in [0.25, 0.3) is 0 Å². The Hall–Kier alpha value is -0.340. The summed E-state index contributed by atoms with van der Waals surface area (Å²) in [5, 5.41) is 0. The van der Waals surface area contributed by atoms with Crippen molar-refractivity contribution in [2.75, 3.05) is 19.6 Å². The maximum absolute atomic E-state index is 6.01. The average molecular weight is 184 g/mol. The smallest absolute Gasteiger partial charge is 0.0170 e. The fourth-order valence-corrected chi connectivity index (χ4v) is 1.53. The summed E-state index contributed by atoms with van der Waals surface area (Å²) in [6.45, 7) is 13.3. The maximum Gasteiger partial charge on any atom is 0.0170 e. The topological polar surface area (TPSA) is 29.3 Å². The van der Waals surface area contributed by atoms with Crippen LogP contribution in [0.4, 0.5) is 0 Å². The largest absolute Gasteiger partial charge is 0.327 e. The van der Waals surface area contributed by atoms with Crippen molar-refractivity contribution >= 4 is 0 Å². The molecule has 0 aliphatic heterocycles. The molecule has 2 nitrogen and oxygen atoms in total. The summed E-state index contributed by atoms with van der Waals surface area (Å²) in [5.74, 6) is 0.692. The number of nitrogens with zero attached hydrogens (tertiary/aromatic N) is 1. The molecule has 0 aliphatic rings. The van der Waals surface area contributed by atoms with Crippen molar-refractivity contribution in [1.82, 2.24) is 4.90 Å². The molecule has 78 valence electrons. The van der Waals surface area contributed by atoms with Gasteiger partial charge in [0.15, 0.2) is 0 Å². The van der Waals surface area contributed by atoms with Crippen LogP contribution in [0, 0.1) is 5.92 Å². The van der Waals surface area contributed by atoms with Gasteiger partial charge in [-0.15, -0.1) is 6.58 Å². The van der Waals surface area contributed by atoms with Gasteiger partial charge >= 0.3 is 0 Å². The van der Waals surface area contributed by atoms with Crippen LogP contribution in [0.2, 0.25) is 0 Å². The lowest BCUT2D eigenvalue weighted by atomic mass is 10.0. The minimum Gasteiger partial charge on any atom is -0.327 e. The standard InChI is InChI=1S/C11H24N2/c1-5-7-13(6-2)9-11(12)8-10(3)4/h5,10-11H,1,6-9,12H2,2-4H3. The molecule has 0 heterocycles. The molecule has 1 unspecified atom stereocenters. The first-order valence-corrected chi connectivity index (χ1v) is 5.19. The van der Waals surface area contributed by atoms with E-state index in [1.807, 2.05) is 6.08 Å². The van der Waals surface area contributed by atoms with E-state index >= 15 is 0 Å². The molecule has 1 atom stereocenters. The van der Waals surface area contributed by atoms with Gasteiger partial charge in [0.25, 0.3) is 0 Å². The molecule has 0 spiro atoms. The molecule has 0 saturated heterocycles. The Morgan fingerprint density at radius 3 is 2.46 bits per heavy atom. The van der Waals surface area contributed by atoms with E-state index < -0.39 is 0 Å². The number of hydrogen-bond acceptors (Lipinski definition) is 2. The Morgan fingerprint density at radius 2 is 2.08 bits per heavy atom. The van der Waals surface area contributed by atoms with Gasteiger partial charge in [0, 0.05) is 19.1 Å². The Morgan fingerprint density at radius 1 is 1.46 bits per heavy atom. The zero-order chi connectivity index (χ0) is 10.3. The summed E-state index contributed by atoms with van der Waals surface area (Å²) in [4.78, 5) is 2.32. The zero-order valence-corrected chi connectivity index (χ0v) is 9.29. The first-order valence-electron chi connectivity index (χ1n) is 5.19. The molecule has 0 aromatic carbocycles. The second kappa shape index (κ2) is 7.10. The van der Waals surface area contributed by atoms with E-state index in [1.165, 1.54) is 0 Å². The van der Waals surface area contributed by atoms with Gasteiger partial charge in [0.2, 0.25) is 0 Å². The fraction of sp³-hybridized carbons (Fsp3) is 0.818. The predicted octanol–water partition coefficient (Wildman–Crippen LogP) is 1.87. The first kappa shape index (κ1) is 12.7. The molecule has 2 N–H and O–H groups in total. The Bertz CT molecular complexity index is 132. The highest BCUT2D eigenvalue weighted by Gasteiger charge is 2.09. The lowest BCUT2D eigenvalue weighted by molar-refractivity contribution is 0.281. The van der Waals surface area contributed by atoms with Crippen LogP contribution in [0.5, 0.6) is 0 Å². The molecular weight excluding hydrogens is 160 g/mol. The third-order valence-corrected chi connectivity index (χ3v) is 2.10. The van der Waals surface area contributed by atoms with Crippen molar-refractivity contribution in [2.24, 2.45) is 11.7 Å². The highest BCUT2D eigenvalue weighted by atomic mass is 15.1. The van der Waals surface area contributed by atoms with Gasteiger partial charge in [-0.2, -0.15) is 0 Å². The Kier molecular flexibility index (Phi) is 6.92. The highest BCUT2D eigenvalue weighted by molar-refractivity contribution is 4.76. The summed E-state index contributed by atoms with van der Waals surface area (Å²) < 4.78 is 0. The third-order valence-electron chi connectivity index (χ3n) is 2.10. The highest BCUT2D eigenvalue weighted by Crippen LogP contribution is 2.04. The molecule has 0 fully saturated rings. The Balaban J connectivity index is 3.71. The molecule has 0 bridgehead atoms. The van der Waals surface area contributed by atoms with Crippen LogP contribution in [-0.4, -0.2) is 30.6 Å². The minimum absolute atomic E-state index is 0.305. The summed E-state index contributed by atoms with van der Waals surface area (Å²) in [6.07, 6.45) is 3.04. The van der Waals surface area contributed by atoms with Crippen LogP contribution < -0.4 is 5.73 Å². The van der Waals surface area contributed by atoms with Crippen LogP contribution in [0.1, 0.15) is 27.2 Å². The molecule has 0 aromatic heterocycles. The van der Waals surface area contributed by atoms with Gasteiger partial charge < -0.3 is 5.73 Å². The van der Waals surface area contributed by atoms with Crippen molar-refractivity contribution in [3.63, 3.8) is 0 Å². The summed E-state index contributed by atoms with van der Waals surface area (Å²) in [5.41, 5.74) is 6.01. The monoisotopic (exact) mass is 184 g/mol. The van der Waals surface area contributed by atoms with Gasteiger partial charge in [0.05, 0.1) is 0 Å². The van der Waals surface area contributed by atoms with Crippen LogP contribution in [-0.2, 0) is 0 Å². The maximum atomic E-state index is 6.01. The van der Waals surface area contributed by atoms with Gasteiger partial charge in [-0.05, 0) is 18.9 Å². The molecule has 0 aromatic rings. The molecule has 0 rings (SSSR count). The van der Waals surface area contributed by atoms with E-state index in [-0.39, 0.29) is 0 Å². The fourth-order valence-electron chi connectivity index (χ4n) is 1.53. The SMILES string of the molecule is C=CCN(CC)CC(N)CC(C)C. The van der Waals surface area contributed by atoms with E-state index in [2.05, 4.69) is 32.3 Å². The summed E-state index contributed by atoms with van der Waals surface area (Å²) in [7, 11) is 0. The van der Waals surface area contributed by atoms with Gasteiger partial charge in [-0.3, -0.25) is 4.90 Å². The van der Waals surface area contributed by atoms with Crippen molar-refractivity contribution < 1.29 is 0 Å². The van der Waals surface area contributed by atoms with Gasteiger partial charge in [0.1, 0.15) is 0 Å². The van der Waals surface area contributed by atoms with E-state index in [9.17, 15) is 0 Å². The molecule has 2 heteroatoms. The minimum atomic E-state index is 0.305. The van der Waals surface area contributed by atoms with Crippen LogP contribution in [0.3, 0.4) is 0 Å². The van der Waals surface area contributed by atoms with Crippen molar-refractivity contribution in [1.29, 1.82) is 0 Å². The number of hydrogen-bond donors (Lipinski definition) is 1. The average Bonchev–Trinajstić information content (AvgIpc) is 2.02. The van der Waals surface area contributed by atoms with E-state index in [0.29, 0.717) is 12.0 Å². The number of rotatable bonds is 7. The summed E-state index contributed by atoms with van der Waals surface area (Å²) >= 11 is 0. The van der Waals surface area contributed by atoms with Crippen LogP contribution >= 0.6 is 0 Å². The van der Waals surface area contributed by atoms with Crippen molar-refractivity contribution in [3.05, 3.63) is 12.7 Å². The summed E-state index contributed by atoms with van der Waals surface area (Å²) in [6, 6.07) is 0.305. The third kappa shape index (κ3) is 6.79. The van der Waals surface area contributed by atoms with E-state index in [4.69, 9.17) is 5.73 Å².